The molecule has 8 heteroatoms. The molecule has 0 saturated carbocycles. The number of nitrogens with zero attached hydrogens (tertiary/aromatic N) is 2. The lowest BCUT2D eigenvalue weighted by Crippen LogP contribution is -2.40. The molecule has 3 aromatic rings. The van der Waals surface area contributed by atoms with Gasteiger partial charge in [0.2, 0.25) is 5.91 Å². The van der Waals surface area contributed by atoms with Crippen LogP contribution in [0.2, 0.25) is 0 Å². The number of carbonyl (C=O) groups excluding carboxylic acids is 1. The molecule has 0 aliphatic carbocycles. The Morgan fingerprint density at radius 3 is 2.25 bits per heavy atom. The lowest BCUT2D eigenvalue weighted by molar-refractivity contribution is -0.119. The van der Waals surface area contributed by atoms with Crippen molar-refractivity contribution in [1.82, 2.24) is 10.3 Å². The van der Waals surface area contributed by atoms with Gasteiger partial charge in [0.15, 0.2) is 0 Å². The zero-order valence-corrected chi connectivity index (χ0v) is 15.6. The van der Waals surface area contributed by atoms with Crippen LogP contribution in [-0.4, -0.2) is 25.9 Å². The van der Waals surface area contributed by atoms with Gasteiger partial charge in [-0.2, -0.15) is 0 Å². The third-order valence-corrected chi connectivity index (χ3v) is 5.76. The molecule has 0 spiro atoms. The molecule has 1 aromatic heterocycles. The summed E-state index contributed by atoms with van der Waals surface area (Å²) in [6, 6.07) is 16.2. The minimum absolute atomic E-state index is 0.0428. The maximum absolute atomic E-state index is 13.3. The number of nitrogens with one attached hydrogen (secondary N) is 1. The number of amides is 1. The van der Waals surface area contributed by atoms with Gasteiger partial charge >= 0.3 is 0 Å². The third kappa shape index (κ3) is 4.72. The van der Waals surface area contributed by atoms with Crippen LogP contribution in [0.25, 0.3) is 0 Å². The Morgan fingerprint density at radius 2 is 1.61 bits per heavy atom. The van der Waals surface area contributed by atoms with Crippen LogP contribution in [0.1, 0.15) is 5.56 Å². The van der Waals surface area contributed by atoms with E-state index in [-0.39, 0.29) is 17.1 Å². The van der Waals surface area contributed by atoms with E-state index in [0.717, 1.165) is 22.0 Å². The summed E-state index contributed by atoms with van der Waals surface area (Å²) < 4.78 is 40.4. The van der Waals surface area contributed by atoms with Crippen molar-refractivity contribution in [3.8, 4) is 0 Å². The van der Waals surface area contributed by atoms with Crippen molar-refractivity contribution in [3.63, 3.8) is 0 Å². The number of pyridine rings is 1. The zero-order chi connectivity index (χ0) is 20.0. The van der Waals surface area contributed by atoms with Gasteiger partial charge in [-0.15, -0.1) is 0 Å². The zero-order valence-electron chi connectivity index (χ0n) is 14.8. The molecule has 6 nitrogen and oxygen atoms in total. The quantitative estimate of drug-likeness (QED) is 0.663. The minimum Gasteiger partial charge on any atom is -0.350 e. The van der Waals surface area contributed by atoms with E-state index >= 15 is 0 Å². The van der Waals surface area contributed by atoms with Gasteiger partial charge in [0, 0.05) is 18.9 Å². The number of halogens is 1. The van der Waals surface area contributed by atoms with Gasteiger partial charge in [0.05, 0.1) is 10.6 Å². The van der Waals surface area contributed by atoms with E-state index in [2.05, 4.69) is 10.3 Å². The predicted octanol–water partition coefficient (Wildman–Crippen LogP) is 2.73. The molecular formula is C20H18FN3O3S. The summed E-state index contributed by atoms with van der Waals surface area (Å²) in [6.45, 7) is -0.196. The van der Waals surface area contributed by atoms with Crippen LogP contribution in [0.4, 0.5) is 10.1 Å². The highest BCUT2D eigenvalue weighted by Crippen LogP contribution is 2.23. The fourth-order valence-corrected chi connectivity index (χ4v) is 3.97. The molecule has 0 radical (unpaired) electrons. The van der Waals surface area contributed by atoms with E-state index in [0.29, 0.717) is 0 Å². The summed E-state index contributed by atoms with van der Waals surface area (Å²) in [4.78, 5) is 16.4. The highest BCUT2D eigenvalue weighted by molar-refractivity contribution is 7.92. The third-order valence-electron chi connectivity index (χ3n) is 3.97. The molecule has 1 amide bonds. The Morgan fingerprint density at radius 1 is 0.964 bits per heavy atom. The fraction of sp³-hybridized carbons (Fsp3) is 0.100. The highest BCUT2D eigenvalue weighted by atomic mass is 32.2. The molecular weight excluding hydrogens is 381 g/mol. The largest absolute Gasteiger partial charge is 0.350 e. The molecule has 0 fully saturated rings. The van der Waals surface area contributed by atoms with Crippen molar-refractivity contribution >= 4 is 21.6 Å². The molecule has 3 rings (SSSR count). The number of rotatable bonds is 7. The number of carbonyl (C=O) groups is 1. The van der Waals surface area contributed by atoms with Gasteiger partial charge in [-0.05, 0) is 54.1 Å². The smallest absolute Gasteiger partial charge is 0.264 e. The second kappa shape index (κ2) is 8.62. The van der Waals surface area contributed by atoms with Crippen molar-refractivity contribution < 1.29 is 17.6 Å². The monoisotopic (exact) mass is 399 g/mol. The summed E-state index contributed by atoms with van der Waals surface area (Å²) in [6.07, 6.45) is 3.21. The Labute approximate surface area is 162 Å². The summed E-state index contributed by atoms with van der Waals surface area (Å²) >= 11 is 0. The number of benzene rings is 2. The van der Waals surface area contributed by atoms with Crippen molar-refractivity contribution in [2.75, 3.05) is 10.8 Å². The van der Waals surface area contributed by atoms with Crippen LogP contribution in [-0.2, 0) is 21.4 Å². The van der Waals surface area contributed by atoms with E-state index in [1.165, 1.54) is 24.3 Å². The molecule has 1 N–H and O–H groups in total. The van der Waals surface area contributed by atoms with E-state index in [1.807, 2.05) is 0 Å². The van der Waals surface area contributed by atoms with Crippen LogP contribution < -0.4 is 9.62 Å². The summed E-state index contributed by atoms with van der Waals surface area (Å²) in [5.74, 6) is -0.983. The van der Waals surface area contributed by atoms with Crippen molar-refractivity contribution in [3.05, 3.63) is 90.5 Å². The molecule has 144 valence electrons. The average molecular weight is 399 g/mol. The van der Waals surface area contributed by atoms with Crippen LogP contribution in [0.15, 0.2) is 84.0 Å². The summed E-state index contributed by atoms with van der Waals surface area (Å²) in [5, 5.41) is 2.69. The first-order chi connectivity index (χ1) is 13.5. The Balaban J connectivity index is 1.84. The normalized spacial score (nSPS) is 11.0. The van der Waals surface area contributed by atoms with Gasteiger partial charge < -0.3 is 5.32 Å². The molecule has 2 aromatic carbocycles. The van der Waals surface area contributed by atoms with Crippen molar-refractivity contribution in [2.45, 2.75) is 11.4 Å². The lowest BCUT2D eigenvalue weighted by Gasteiger charge is -2.24. The molecule has 1 heterocycles. The Kier molecular flexibility index (Phi) is 6.00. The molecule has 0 unspecified atom stereocenters. The maximum atomic E-state index is 13.3. The first-order valence-corrected chi connectivity index (χ1v) is 9.90. The fourth-order valence-electron chi connectivity index (χ4n) is 2.53. The van der Waals surface area contributed by atoms with Gasteiger partial charge in [-0.1, -0.05) is 18.2 Å². The van der Waals surface area contributed by atoms with Crippen LogP contribution in [0.3, 0.4) is 0 Å². The van der Waals surface area contributed by atoms with Gasteiger partial charge in [-0.3, -0.25) is 14.1 Å². The Bertz CT molecular complexity index is 1030. The molecule has 0 aliphatic rings. The van der Waals surface area contributed by atoms with Crippen LogP contribution in [0.5, 0.6) is 0 Å². The standard InChI is InChI=1S/C20H18FN3O3S/c21-17-6-8-18(9-7-17)24(28(26,27)19-4-2-1-3-5-19)15-20(25)23-14-16-10-12-22-13-11-16/h1-13H,14-15H2,(H,23,25). The van der Waals surface area contributed by atoms with Crippen LogP contribution in [0, 0.1) is 5.82 Å². The minimum atomic E-state index is -4.00. The molecule has 0 saturated heterocycles. The Hall–Kier alpha value is -3.26. The van der Waals surface area contributed by atoms with Gasteiger partial charge in [0.1, 0.15) is 12.4 Å². The topological polar surface area (TPSA) is 79.4 Å². The lowest BCUT2D eigenvalue weighted by atomic mass is 10.2. The summed E-state index contributed by atoms with van der Waals surface area (Å²) in [5.41, 5.74) is 1.03. The number of anilines is 1. The van der Waals surface area contributed by atoms with Crippen molar-refractivity contribution in [2.24, 2.45) is 0 Å². The van der Waals surface area contributed by atoms with Crippen LogP contribution >= 0.6 is 0 Å². The van der Waals surface area contributed by atoms with Gasteiger partial charge in [-0.25, -0.2) is 12.8 Å². The average Bonchev–Trinajstić information content (AvgIpc) is 2.72. The predicted molar refractivity (Wildman–Crippen MR) is 103 cm³/mol. The number of hydrogen-bond acceptors (Lipinski definition) is 4. The summed E-state index contributed by atoms with van der Waals surface area (Å²) in [7, 11) is -4.00. The number of hydrogen-bond donors (Lipinski definition) is 1. The first kappa shape index (κ1) is 19.5. The molecule has 28 heavy (non-hydrogen) atoms. The van der Waals surface area contributed by atoms with Crippen molar-refractivity contribution in [1.29, 1.82) is 0 Å². The highest BCUT2D eigenvalue weighted by Gasteiger charge is 2.27. The van der Waals surface area contributed by atoms with Gasteiger partial charge in [0.25, 0.3) is 10.0 Å². The SMILES string of the molecule is O=C(CN(c1ccc(F)cc1)S(=O)(=O)c1ccccc1)NCc1ccncc1. The molecule has 0 bridgehead atoms. The van der Waals surface area contributed by atoms with E-state index in [4.69, 9.17) is 0 Å². The van der Waals surface area contributed by atoms with E-state index in [1.54, 1.807) is 42.7 Å². The number of aromatic nitrogens is 1. The molecule has 0 atom stereocenters. The van der Waals surface area contributed by atoms with E-state index in [9.17, 15) is 17.6 Å². The number of sulfonamides is 1. The second-order valence-electron chi connectivity index (χ2n) is 5.93. The maximum Gasteiger partial charge on any atom is 0.264 e. The first-order valence-electron chi connectivity index (χ1n) is 8.46. The van der Waals surface area contributed by atoms with E-state index < -0.39 is 28.3 Å². The molecule has 0 aliphatic heterocycles. The second-order valence-corrected chi connectivity index (χ2v) is 7.80.